The summed E-state index contributed by atoms with van der Waals surface area (Å²) in [7, 11) is 0. The number of rotatable bonds is 6. The predicted molar refractivity (Wildman–Crippen MR) is 101 cm³/mol. The van der Waals surface area contributed by atoms with Crippen LogP contribution in [0.15, 0.2) is 42.5 Å². The van der Waals surface area contributed by atoms with Crippen LogP contribution in [0.5, 0.6) is 0 Å². The first kappa shape index (κ1) is 20.2. The fourth-order valence-electron chi connectivity index (χ4n) is 3.27. The minimum absolute atomic E-state index is 0.0174. The van der Waals surface area contributed by atoms with E-state index >= 15 is 0 Å². The van der Waals surface area contributed by atoms with E-state index in [9.17, 15) is 19.3 Å². The minimum Gasteiger partial charge on any atom is -0.370 e. The van der Waals surface area contributed by atoms with Crippen LogP contribution in [-0.2, 0) is 4.74 Å². The molecule has 28 heavy (non-hydrogen) atoms. The summed E-state index contributed by atoms with van der Waals surface area (Å²) < 4.78 is 18.7. The number of quaternary nitrogens is 1. The lowest BCUT2D eigenvalue weighted by atomic mass is 10.0. The van der Waals surface area contributed by atoms with Crippen molar-refractivity contribution in [1.29, 1.82) is 0 Å². The number of nitrogens with one attached hydrogen (secondary N) is 2. The van der Waals surface area contributed by atoms with E-state index in [1.165, 1.54) is 29.2 Å². The van der Waals surface area contributed by atoms with Crippen LogP contribution in [0.4, 0.5) is 10.1 Å². The summed E-state index contributed by atoms with van der Waals surface area (Å²) in [6, 6.07) is 9.89. The van der Waals surface area contributed by atoms with E-state index < -0.39 is 10.8 Å². The Morgan fingerprint density at radius 1 is 1.25 bits per heavy atom. The van der Waals surface area contributed by atoms with Crippen LogP contribution in [-0.4, -0.2) is 43.7 Å². The van der Waals surface area contributed by atoms with Crippen molar-refractivity contribution in [2.75, 3.05) is 32.8 Å². The van der Waals surface area contributed by atoms with Gasteiger partial charge in [0.15, 0.2) is 0 Å². The van der Waals surface area contributed by atoms with E-state index in [0.717, 1.165) is 24.7 Å². The number of hydrogen-bond acceptors (Lipinski definition) is 4. The number of amides is 1. The molecule has 0 saturated carbocycles. The standard InChI is InChI=1S/C19H19ClFN3O4/c20-17-11-15(24(26)27)5-6-16(17)19(25)22-12-18(23-7-9-28-10-8-23)13-1-3-14(21)4-2-13/h1-6,11,18H,7-10,12H2,(H,22,25)/p+1/t18-/m1/s1. The van der Waals surface area contributed by atoms with Gasteiger partial charge >= 0.3 is 0 Å². The summed E-state index contributed by atoms with van der Waals surface area (Å²) in [6.07, 6.45) is 0. The molecule has 9 heteroatoms. The van der Waals surface area contributed by atoms with Gasteiger partial charge in [0.1, 0.15) is 24.9 Å². The number of hydrogen-bond donors (Lipinski definition) is 2. The highest BCUT2D eigenvalue weighted by Gasteiger charge is 2.27. The van der Waals surface area contributed by atoms with Crippen molar-refractivity contribution < 1.29 is 23.7 Å². The van der Waals surface area contributed by atoms with E-state index in [0.29, 0.717) is 19.8 Å². The summed E-state index contributed by atoms with van der Waals surface area (Å²) in [5.41, 5.74) is 0.902. The third-order valence-electron chi connectivity index (χ3n) is 4.78. The molecule has 2 aromatic carbocycles. The van der Waals surface area contributed by atoms with Gasteiger partial charge in [-0.2, -0.15) is 0 Å². The third-order valence-corrected chi connectivity index (χ3v) is 5.09. The maximum absolute atomic E-state index is 13.3. The van der Waals surface area contributed by atoms with Gasteiger partial charge in [0.05, 0.1) is 35.3 Å². The number of ether oxygens (including phenoxy) is 1. The monoisotopic (exact) mass is 408 g/mol. The molecular weight excluding hydrogens is 389 g/mol. The van der Waals surface area contributed by atoms with Crippen molar-refractivity contribution in [2.24, 2.45) is 0 Å². The molecule has 1 atom stereocenters. The topological polar surface area (TPSA) is 85.9 Å². The third kappa shape index (κ3) is 4.83. The summed E-state index contributed by atoms with van der Waals surface area (Å²) in [5, 5.41) is 13.7. The van der Waals surface area contributed by atoms with Gasteiger partial charge in [-0.05, 0) is 18.2 Å². The second kappa shape index (κ2) is 9.09. The number of morpholine rings is 1. The van der Waals surface area contributed by atoms with Crippen LogP contribution in [0.1, 0.15) is 22.0 Å². The van der Waals surface area contributed by atoms with Gasteiger partial charge in [0.2, 0.25) is 0 Å². The number of nitrogens with zero attached hydrogens (tertiary/aromatic N) is 1. The molecule has 1 fully saturated rings. The molecule has 0 aromatic heterocycles. The van der Waals surface area contributed by atoms with Crippen molar-refractivity contribution in [3.05, 3.63) is 74.5 Å². The molecule has 1 aliphatic rings. The Morgan fingerprint density at radius 3 is 2.54 bits per heavy atom. The van der Waals surface area contributed by atoms with Gasteiger partial charge < -0.3 is 15.0 Å². The van der Waals surface area contributed by atoms with Gasteiger partial charge in [0, 0.05) is 17.7 Å². The molecule has 148 valence electrons. The van der Waals surface area contributed by atoms with Gasteiger partial charge in [-0.15, -0.1) is 0 Å². The Kier molecular flexibility index (Phi) is 6.56. The predicted octanol–water partition coefficient (Wildman–Crippen LogP) is 1.77. The van der Waals surface area contributed by atoms with Crippen LogP contribution < -0.4 is 10.2 Å². The fraction of sp³-hybridized carbons (Fsp3) is 0.316. The Labute approximate surface area is 166 Å². The second-order valence-electron chi connectivity index (χ2n) is 6.51. The van der Waals surface area contributed by atoms with E-state index in [4.69, 9.17) is 16.3 Å². The Hall–Kier alpha value is -2.55. The molecule has 1 heterocycles. The molecule has 0 aliphatic carbocycles. The lowest BCUT2D eigenvalue weighted by Crippen LogP contribution is -3.15. The van der Waals surface area contributed by atoms with Gasteiger partial charge in [-0.25, -0.2) is 4.39 Å². The molecule has 0 radical (unpaired) electrons. The normalized spacial score (nSPS) is 15.8. The Bertz CT molecular complexity index is 857. The highest BCUT2D eigenvalue weighted by atomic mass is 35.5. The quantitative estimate of drug-likeness (QED) is 0.563. The molecule has 0 spiro atoms. The second-order valence-corrected chi connectivity index (χ2v) is 6.91. The number of benzene rings is 2. The van der Waals surface area contributed by atoms with E-state index in [-0.39, 0.29) is 28.1 Å². The molecule has 2 aromatic rings. The summed E-state index contributed by atoms with van der Waals surface area (Å²) in [4.78, 5) is 24.0. The minimum atomic E-state index is -0.570. The average Bonchev–Trinajstić information content (AvgIpc) is 2.70. The van der Waals surface area contributed by atoms with Crippen molar-refractivity contribution in [3.63, 3.8) is 0 Å². The Balaban J connectivity index is 1.74. The van der Waals surface area contributed by atoms with Gasteiger partial charge in [0.25, 0.3) is 11.6 Å². The van der Waals surface area contributed by atoms with E-state index in [1.54, 1.807) is 12.1 Å². The summed E-state index contributed by atoms with van der Waals surface area (Å²) in [5.74, 6) is -0.735. The number of nitro benzene ring substituents is 1. The first-order valence-electron chi connectivity index (χ1n) is 8.85. The average molecular weight is 409 g/mol. The largest absolute Gasteiger partial charge is 0.370 e. The van der Waals surface area contributed by atoms with E-state index in [2.05, 4.69) is 5.32 Å². The zero-order valence-electron chi connectivity index (χ0n) is 15.0. The first-order chi connectivity index (χ1) is 13.5. The van der Waals surface area contributed by atoms with Crippen LogP contribution >= 0.6 is 11.6 Å². The number of non-ortho nitro benzene ring substituents is 1. The maximum Gasteiger partial charge on any atom is 0.270 e. The number of halogens is 2. The lowest BCUT2D eigenvalue weighted by Gasteiger charge is -2.32. The van der Waals surface area contributed by atoms with Crippen LogP contribution in [0.2, 0.25) is 5.02 Å². The zero-order valence-corrected chi connectivity index (χ0v) is 15.7. The van der Waals surface area contributed by atoms with Crippen molar-refractivity contribution in [2.45, 2.75) is 6.04 Å². The van der Waals surface area contributed by atoms with E-state index in [1.807, 2.05) is 0 Å². The van der Waals surface area contributed by atoms with Gasteiger partial charge in [-0.3, -0.25) is 14.9 Å². The Morgan fingerprint density at radius 2 is 1.93 bits per heavy atom. The number of nitro groups is 1. The smallest absolute Gasteiger partial charge is 0.270 e. The molecular formula is C19H20ClFN3O4+. The fourth-order valence-corrected chi connectivity index (χ4v) is 3.53. The molecule has 1 saturated heterocycles. The number of carbonyl (C=O) groups is 1. The highest BCUT2D eigenvalue weighted by Crippen LogP contribution is 2.22. The molecule has 0 bridgehead atoms. The lowest BCUT2D eigenvalue weighted by molar-refractivity contribution is -0.937. The molecule has 0 unspecified atom stereocenters. The SMILES string of the molecule is O=C(NC[C@H](c1ccc(F)cc1)[NH+]1CCOCC1)c1ccc([N+](=O)[O-])cc1Cl. The first-order valence-corrected chi connectivity index (χ1v) is 9.23. The maximum atomic E-state index is 13.3. The zero-order chi connectivity index (χ0) is 20.1. The summed E-state index contributed by atoms with van der Waals surface area (Å²) >= 11 is 6.04. The van der Waals surface area contributed by atoms with Crippen molar-refractivity contribution in [1.82, 2.24) is 5.32 Å². The van der Waals surface area contributed by atoms with Gasteiger partial charge in [-0.1, -0.05) is 23.7 Å². The van der Waals surface area contributed by atoms with Crippen LogP contribution in [0.3, 0.4) is 0 Å². The van der Waals surface area contributed by atoms with Crippen LogP contribution in [0.25, 0.3) is 0 Å². The molecule has 2 N–H and O–H groups in total. The molecule has 1 aliphatic heterocycles. The van der Waals surface area contributed by atoms with Crippen molar-refractivity contribution >= 4 is 23.2 Å². The molecule has 3 rings (SSSR count). The molecule has 1 amide bonds. The summed E-state index contributed by atoms with van der Waals surface area (Å²) in [6.45, 7) is 3.10. The highest BCUT2D eigenvalue weighted by molar-refractivity contribution is 6.34. The van der Waals surface area contributed by atoms with Crippen LogP contribution in [0, 0.1) is 15.9 Å². The van der Waals surface area contributed by atoms with Crippen molar-refractivity contribution in [3.8, 4) is 0 Å². The molecule has 7 nitrogen and oxygen atoms in total. The number of carbonyl (C=O) groups excluding carboxylic acids is 1.